The van der Waals surface area contributed by atoms with Crippen LogP contribution >= 0.6 is 11.6 Å². The topological polar surface area (TPSA) is 60.2 Å². The summed E-state index contributed by atoms with van der Waals surface area (Å²) in [4.78, 5) is 3.97. The minimum atomic E-state index is -1.17. The quantitative estimate of drug-likeness (QED) is 0.922. The van der Waals surface area contributed by atoms with E-state index in [-0.39, 0.29) is 5.92 Å². The van der Waals surface area contributed by atoms with Crippen LogP contribution < -0.4 is 0 Å². The average molecular weight is 348 g/mol. The van der Waals surface area contributed by atoms with Crippen LogP contribution in [0.4, 0.5) is 0 Å². The second-order valence-electron chi connectivity index (χ2n) is 6.64. The van der Waals surface area contributed by atoms with E-state index in [9.17, 15) is 5.11 Å². The maximum absolute atomic E-state index is 11.6. The largest absolute Gasteiger partial charge is 0.380 e. The lowest BCUT2D eigenvalue weighted by atomic mass is 9.83. The molecule has 6 heteroatoms. The van der Waals surface area contributed by atoms with Crippen LogP contribution in [0.1, 0.15) is 25.8 Å². The molecule has 0 radical (unpaired) electrons. The standard InChI is InChI=1S/C18H22ClN3O2/c1-13-9-17(2,24-3)18(23,10-22-12-20-11-21-22)16(13)8-14-4-6-15(19)7-5-14/h4-8,11-13,23H,9-10H2,1-3H3. The summed E-state index contributed by atoms with van der Waals surface area (Å²) in [7, 11) is 1.64. The highest BCUT2D eigenvalue weighted by Gasteiger charge is 2.57. The van der Waals surface area contributed by atoms with Crippen molar-refractivity contribution >= 4 is 17.7 Å². The van der Waals surface area contributed by atoms with Gasteiger partial charge in [-0.3, -0.25) is 0 Å². The number of hydrogen-bond donors (Lipinski definition) is 1. The lowest BCUT2D eigenvalue weighted by Gasteiger charge is -2.39. The molecule has 0 bridgehead atoms. The van der Waals surface area contributed by atoms with Gasteiger partial charge < -0.3 is 9.84 Å². The first-order chi connectivity index (χ1) is 11.4. The Labute approximate surface area is 146 Å². The van der Waals surface area contributed by atoms with E-state index in [2.05, 4.69) is 17.0 Å². The van der Waals surface area contributed by atoms with E-state index >= 15 is 0 Å². The van der Waals surface area contributed by atoms with Gasteiger partial charge in [0.15, 0.2) is 0 Å². The molecule has 24 heavy (non-hydrogen) atoms. The number of aliphatic hydroxyl groups is 1. The van der Waals surface area contributed by atoms with E-state index in [1.807, 2.05) is 37.3 Å². The van der Waals surface area contributed by atoms with E-state index in [1.54, 1.807) is 18.1 Å². The van der Waals surface area contributed by atoms with Crippen molar-refractivity contribution in [2.75, 3.05) is 7.11 Å². The third-order valence-electron chi connectivity index (χ3n) is 5.08. The van der Waals surface area contributed by atoms with E-state index in [1.165, 1.54) is 6.33 Å². The Morgan fingerprint density at radius 2 is 2.12 bits per heavy atom. The van der Waals surface area contributed by atoms with Crippen molar-refractivity contribution in [3.63, 3.8) is 0 Å². The van der Waals surface area contributed by atoms with E-state index in [0.717, 1.165) is 17.6 Å². The molecule has 5 nitrogen and oxygen atoms in total. The molecule has 128 valence electrons. The second-order valence-corrected chi connectivity index (χ2v) is 7.08. The summed E-state index contributed by atoms with van der Waals surface area (Å²) in [5, 5.41) is 16.5. The van der Waals surface area contributed by atoms with Gasteiger partial charge in [-0.1, -0.05) is 36.7 Å². The molecule has 1 fully saturated rings. The van der Waals surface area contributed by atoms with Gasteiger partial charge in [-0.2, -0.15) is 5.10 Å². The van der Waals surface area contributed by atoms with Gasteiger partial charge in [-0.25, -0.2) is 9.67 Å². The van der Waals surface area contributed by atoms with Crippen LogP contribution in [0.3, 0.4) is 0 Å². The summed E-state index contributed by atoms with van der Waals surface area (Å²) in [5.74, 6) is 0.180. The molecule has 0 spiro atoms. The molecular weight excluding hydrogens is 326 g/mol. The number of ether oxygens (including phenoxy) is 1. The fourth-order valence-corrected chi connectivity index (χ4v) is 3.76. The van der Waals surface area contributed by atoms with Crippen LogP contribution in [0.5, 0.6) is 0 Å². The van der Waals surface area contributed by atoms with Gasteiger partial charge >= 0.3 is 0 Å². The molecule has 0 amide bonds. The van der Waals surface area contributed by atoms with Crippen molar-refractivity contribution in [2.24, 2.45) is 5.92 Å². The van der Waals surface area contributed by atoms with Crippen molar-refractivity contribution in [1.29, 1.82) is 0 Å². The Morgan fingerprint density at radius 1 is 1.42 bits per heavy atom. The lowest BCUT2D eigenvalue weighted by Crippen LogP contribution is -2.53. The van der Waals surface area contributed by atoms with Gasteiger partial charge in [0.05, 0.1) is 12.1 Å². The van der Waals surface area contributed by atoms with Gasteiger partial charge in [0.25, 0.3) is 0 Å². The number of hydrogen-bond acceptors (Lipinski definition) is 4. The average Bonchev–Trinajstić information content (AvgIpc) is 3.11. The zero-order chi connectivity index (χ0) is 17.4. The smallest absolute Gasteiger partial charge is 0.137 e. The summed E-state index contributed by atoms with van der Waals surface area (Å²) in [5.41, 5.74) is 0.0637. The van der Waals surface area contributed by atoms with Crippen molar-refractivity contribution in [2.45, 2.75) is 38.0 Å². The first kappa shape index (κ1) is 17.1. The highest BCUT2D eigenvalue weighted by Crippen LogP contribution is 2.50. The second kappa shape index (κ2) is 6.31. The number of nitrogens with zero attached hydrogens (tertiary/aromatic N) is 3. The van der Waals surface area contributed by atoms with Crippen LogP contribution in [0.15, 0.2) is 42.5 Å². The molecule has 1 aliphatic carbocycles. The molecule has 3 unspecified atom stereocenters. The molecule has 1 aromatic heterocycles. The molecule has 3 atom stereocenters. The predicted octanol–water partition coefficient (Wildman–Crippen LogP) is 3.19. The van der Waals surface area contributed by atoms with Crippen LogP contribution in [0, 0.1) is 5.92 Å². The zero-order valence-electron chi connectivity index (χ0n) is 14.1. The van der Waals surface area contributed by atoms with Crippen molar-refractivity contribution in [3.8, 4) is 0 Å². The van der Waals surface area contributed by atoms with Gasteiger partial charge in [0.2, 0.25) is 0 Å². The van der Waals surface area contributed by atoms with Crippen LogP contribution in [0.2, 0.25) is 5.02 Å². The lowest BCUT2D eigenvalue weighted by molar-refractivity contribution is -0.132. The molecule has 0 aliphatic heterocycles. The first-order valence-electron chi connectivity index (χ1n) is 7.95. The van der Waals surface area contributed by atoms with E-state index in [4.69, 9.17) is 16.3 Å². The Balaban J connectivity index is 2.05. The first-order valence-corrected chi connectivity index (χ1v) is 8.33. The number of aromatic nitrogens is 3. The molecule has 2 aromatic rings. The third-order valence-corrected chi connectivity index (χ3v) is 5.33. The number of halogens is 1. The highest BCUT2D eigenvalue weighted by molar-refractivity contribution is 6.30. The van der Waals surface area contributed by atoms with Gasteiger partial charge in [0, 0.05) is 12.1 Å². The highest BCUT2D eigenvalue weighted by atomic mass is 35.5. The Hall–Kier alpha value is -1.69. The van der Waals surface area contributed by atoms with Gasteiger partial charge in [-0.15, -0.1) is 0 Å². The van der Waals surface area contributed by atoms with Gasteiger partial charge in [0.1, 0.15) is 18.3 Å². The van der Waals surface area contributed by atoms with Crippen LogP contribution in [-0.4, -0.2) is 38.2 Å². The summed E-state index contributed by atoms with van der Waals surface area (Å²) >= 11 is 5.97. The summed E-state index contributed by atoms with van der Waals surface area (Å²) in [6.45, 7) is 4.35. The van der Waals surface area contributed by atoms with Crippen LogP contribution in [-0.2, 0) is 11.3 Å². The molecule has 1 aromatic carbocycles. The van der Waals surface area contributed by atoms with Crippen molar-refractivity contribution < 1.29 is 9.84 Å². The maximum Gasteiger partial charge on any atom is 0.137 e. The number of methoxy groups -OCH3 is 1. The van der Waals surface area contributed by atoms with Gasteiger partial charge in [-0.05, 0) is 42.5 Å². The third kappa shape index (κ3) is 2.88. The van der Waals surface area contributed by atoms with Crippen molar-refractivity contribution in [3.05, 3.63) is 53.1 Å². The molecule has 3 rings (SSSR count). The minimum absolute atomic E-state index is 0.180. The zero-order valence-corrected chi connectivity index (χ0v) is 14.9. The fourth-order valence-electron chi connectivity index (χ4n) is 3.64. The molecule has 1 aliphatic rings. The van der Waals surface area contributed by atoms with Crippen LogP contribution in [0.25, 0.3) is 6.08 Å². The molecule has 1 saturated carbocycles. The molecule has 1 heterocycles. The molecule has 0 saturated heterocycles. The van der Waals surface area contributed by atoms with Crippen molar-refractivity contribution in [1.82, 2.24) is 14.8 Å². The Bertz CT molecular complexity index is 729. The summed E-state index contributed by atoms with van der Waals surface area (Å²) < 4.78 is 7.39. The number of benzene rings is 1. The monoisotopic (exact) mass is 347 g/mol. The van der Waals surface area contributed by atoms with E-state index in [0.29, 0.717) is 11.6 Å². The SMILES string of the molecule is COC1(C)CC(C)C(=Cc2ccc(Cl)cc2)C1(O)Cn1cncn1. The minimum Gasteiger partial charge on any atom is -0.380 e. The van der Waals surface area contributed by atoms with E-state index < -0.39 is 11.2 Å². The summed E-state index contributed by atoms with van der Waals surface area (Å²) in [6.07, 6.45) is 5.84. The predicted molar refractivity (Wildman–Crippen MR) is 93.6 cm³/mol. The maximum atomic E-state index is 11.6. The Kier molecular flexibility index (Phi) is 4.51. The fraction of sp³-hybridized carbons (Fsp3) is 0.444. The normalized spacial score (nSPS) is 31.7. The molecule has 1 N–H and O–H groups in total. The Morgan fingerprint density at radius 3 is 2.71 bits per heavy atom. The summed E-state index contributed by atoms with van der Waals surface area (Å²) in [6, 6.07) is 7.58. The molecular formula is C18H22ClN3O2. The number of rotatable bonds is 4.